The largest absolute Gasteiger partial charge is 0.396 e. The Bertz CT molecular complexity index is 419. The van der Waals surface area contributed by atoms with Crippen molar-refractivity contribution in [2.75, 3.05) is 25.4 Å². The van der Waals surface area contributed by atoms with Gasteiger partial charge in [-0.2, -0.15) is 0 Å². The predicted octanol–water partition coefficient (Wildman–Crippen LogP) is 2.64. The van der Waals surface area contributed by atoms with E-state index in [9.17, 15) is 9.90 Å². The minimum atomic E-state index is 0.0891. The Morgan fingerprint density at radius 2 is 2.16 bits per heavy atom. The van der Waals surface area contributed by atoms with E-state index in [2.05, 4.69) is 6.92 Å². The van der Waals surface area contributed by atoms with Crippen LogP contribution in [0.25, 0.3) is 0 Å². The lowest BCUT2D eigenvalue weighted by molar-refractivity contribution is 0.0620. The van der Waals surface area contributed by atoms with Crippen LogP contribution in [0.3, 0.4) is 0 Å². The van der Waals surface area contributed by atoms with Crippen LogP contribution >= 0.6 is 11.8 Å². The Balaban J connectivity index is 2.02. The van der Waals surface area contributed by atoms with Gasteiger partial charge in [0.1, 0.15) is 0 Å². The van der Waals surface area contributed by atoms with E-state index < -0.39 is 0 Å². The highest BCUT2D eigenvalue weighted by atomic mass is 32.2. The number of carbonyl (C=O) groups excluding carboxylic acids is 1. The monoisotopic (exact) mass is 279 g/mol. The summed E-state index contributed by atoms with van der Waals surface area (Å²) in [6.07, 6.45) is 2.01. The molecule has 0 bridgehead atoms. The van der Waals surface area contributed by atoms with Gasteiger partial charge >= 0.3 is 0 Å². The summed E-state index contributed by atoms with van der Waals surface area (Å²) in [5.74, 6) is 1.37. The highest BCUT2D eigenvalue weighted by Crippen LogP contribution is 2.21. The highest BCUT2D eigenvalue weighted by molar-refractivity contribution is 7.99. The first kappa shape index (κ1) is 14.4. The minimum absolute atomic E-state index is 0.0891. The number of nitrogens with zero attached hydrogens (tertiary/aromatic N) is 1. The van der Waals surface area contributed by atoms with Crippen LogP contribution in [0.1, 0.15) is 30.1 Å². The Hall–Kier alpha value is -1.00. The van der Waals surface area contributed by atoms with E-state index >= 15 is 0 Å². The fourth-order valence-electron chi connectivity index (χ4n) is 2.44. The first-order chi connectivity index (χ1) is 9.24. The number of carbonyl (C=O) groups is 1. The zero-order valence-corrected chi connectivity index (χ0v) is 12.2. The van der Waals surface area contributed by atoms with Crippen molar-refractivity contribution < 1.29 is 9.90 Å². The van der Waals surface area contributed by atoms with Crippen molar-refractivity contribution in [1.82, 2.24) is 4.90 Å². The summed E-state index contributed by atoms with van der Waals surface area (Å²) in [6, 6.07) is 7.83. The summed E-state index contributed by atoms with van der Waals surface area (Å²) in [5.41, 5.74) is 0.749. The van der Waals surface area contributed by atoms with E-state index in [0.29, 0.717) is 6.54 Å². The maximum absolute atomic E-state index is 12.4. The van der Waals surface area contributed by atoms with Gasteiger partial charge < -0.3 is 10.0 Å². The molecule has 1 heterocycles. The van der Waals surface area contributed by atoms with Gasteiger partial charge in [-0.25, -0.2) is 0 Å². The lowest BCUT2D eigenvalue weighted by atomic mass is 9.98. The second-order valence-corrected chi connectivity index (χ2v) is 6.24. The summed E-state index contributed by atoms with van der Waals surface area (Å²) >= 11 is 1.78. The Morgan fingerprint density at radius 3 is 2.79 bits per heavy atom. The number of amides is 1. The molecule has 1 aromatic carbocycles. The maximum atomic E-state index is 12.4. The van der Waals surface area contributed by atoms with Crippen molar-refractivity contribution in [1.29, 1.82) is 0 Å². The molecule has 1 fully saturated rings. The first-order valence-electron chi connectivity index (χ1n) is 6.87. The quantitative estimate of drug-likeness (QED) is 0.861. The van der Waals surface area contributed by atoms with Gasteiger partial charge in [0.05, 0.1) is 0 Å². The van der Waals surface area contributed by atoms with Crippen LogP contribution in [0.15, 0.2) is 29.2 Å². The number of aliphatic hydroxyl groups excluding tert-OH is 1. The summed E-state index contributed by atoms with van der Waals surface area (Å²) in [4.78, 5) is 15.4. The lowest BCUT2D eigenvalue weighted by Crippen LogP contribution is -2.40. The predicted molar refractivity (Wildman–Crippen MR) is 78.6 cm³/mol. The van der Waals surface area contributed by atoms with Gasteiger partial charge in [-0.05, 0) is 48.8 Å². The second-order valence-electron chi connectivity index (χ2n) is 4.90. The topological polar surface area (TPSA) is 40.5 Å². The van der Waals surface area contributed by atoms with Crippen LogP contribution in [-0.2, 0) is 0 Å². The van der Waals surface area contributed by atoms with E-state index in [0.717, 1.165) is 30.7 Å². The summed E-state index contributed by atoms with van der Waals surface area (Å²) in [5, 5.41) is 9.22. The van der Waals surface area contributed by atoms with Gasteiger partial charge in [0.15, 0.2) is 0 Å². The number of thioether (sulfide) groups is 1. The molecular formula is C15H21NO2S. The molecule has 3 nitrogen and oxygen atoms in total. The first-order valence-corrected chi connectivity index (χ1v) is 7.86. The molecule has 1 N–H and O–H groups in total. The van der Waals surface area contributed by atoms with Gasteiger partial charge in [0, 0.05) is 30.2 Å². The van der Waals surface area contributed by atoms with Crippen molar-refractivity contribution in [3.63, 3.8) is 0 Å². The molecule has 0 spiro atoms. The van der Waals surface area contributed by atoms with Crippen molar-refractivity contribution in [2.45, 2.75) is 24.7 Å². The molecular weight excluding hydrogens is 258 g/mol. The van der Waals surface area contributed by atoms with Crippen LogP contribution in [-0.4, -0.2) is 41.4 Å². The van der Waals surface area contributed by atoms with Crippen LogP contribution < -0.4 is 0 Å². The number of benzene rings is 1. The smallest absolute Gasteiger partial charge is 0.253 e. The van der Waals surface area contributed by atoms with E-state index in [1.54, 1.807) is 11.8 Å². The van der Waals surface area contributed by atoms with E-state index in [4.69, 9.17) is 0 Å². The Labute approximate surface area is 119 Å². The number of likely N-dealkylation sites (tertiary alicyclic amines) is 1. The van der Waals surface area contributed by atoms with Gasteiger partial charge in [-0.3, -0.25) is 4.79 Å². The molecule has 0 saturated carbocycles. The SMILES string of the molecule is CCSc1ccc(C(=O)N2CCCC(CO)C2)cc1. The molecule has 1 saturated heterocycles. The highest BCUT2D eigenvalue weighted by Gasteiger charge is 2.23. The lowest BCUT2D eigenvalue weighted by Gasteiger charge is -2.31. The summed E-state index contributed by atoms with van der Waals surface area (Å²) < 4.78 is 0. The second kappa shape index (κ2) is 6.96. The normalized spacial score (nSPS) is 19.5. The van der Waals surface area contributed by atoms with Gasteiger partial charge in [0.25, 0.3) is 5.91 Å². The molecule has 0 aromatic heterocycles. The van der Waals surface area contributed by atoms with Gasteiger partial charge in [0.2, 0.25) is 0 Å². The molecule has 19 heavy (non-hydrogen) atoms. The number of hydrogen-bond donors (Lipinski definition) is 1. The Morgan fingerprint density at radius 1 is 1.42 bits per heavy atom. The van der Waals surface area contributed by atoms with Crippen molar-refractivity contribution in [2.24, 2.45) is 5.92 Å². The van der Waals surface area contributed by atoms with Crippen molar-refractivity contribution in [3.8, 4) is 0 Å². The third-order valence-electron chi connectivity index (χ3n) is 3.48. The van der Waals surface area contributed by atoms with Crippen molar-refractivity contribution >= 4 is 17.7 Å². The molecule has 1 aliphatic heterocycles. The van der Waals surface area contributed by atoms with Crippen molar-refractivity contribution in [3.05, 3.63) is 29.8 Å². The fraction of sp³-hybridized carbons (Fsp3) is 0.533. The molecule has 104 valence electrons. The molecule has 4 heteroatoms. The third kappa shape index (κ3) is 3.74. The Kier molecular flexibility index (Phi) is 5.28. The maximum Gasteiger partial charge on any atom is 0.253 e. The minimum Gasteiger partial charge on any atom is -0.396 e. The average Bonchev–Trinajstić information content (AvgIpc) is 2.48. The van der Waals surface area contributed by atoms with Crippen LogP contribution in [0.5, 0.6) is 0 Å². The summed E-state index contributed by atoms with van der Waals surface area (Å²) in [6.45, 7) is 3.78. The zero-order valence-electron chi connectivity index (χ0n) is 11.3. The van der Waals surface area contributed by atoms with E-state index in [-0.39, 0.29) is 18.4 Å². The zero-order chi connectivity index (χ0) is 13.7. The number of piperidine rings is 1. The molecule has 0 aliphatic carbocycles. The van der Waals surface area contributed by atoms with Crippen LogP contribution in [0.2, 0.25) is 0 Å². The molecule has 1 aromatic rings. The van der Waals surface area contributed by atoms with Crippen LogP contribution in [0.4, 0.5) is 0 Å². The number of rotatable bonds is 4. The van der Waals surface area contributed by atoms with Crippen LogP contribution in [0, 0.1) is 5.92 Å². The summed E-state index contributed by atoms with van der Waals surface area (Å²) in [7, 11) is 0. The molecule has 1 aliphatic rings. The van der Waals surface area contributed by atoms with Gasteiger partial charge in [-0.15, -0.1) is 11.8 Å². The average molecular weight is 279 g/mol. The molecule has 1 unspecified atom stereocenters. The number of hydrogen-bond acceptors (Lipinski definition) is 3. The van der Waals surface area contributed by atoms with E-state index in [1.807, 2.05) is 29.2 Å². The third-order valence-corrected chi connectivity index (χ3v) is 4.37. The fourth-order valence-corrected chi connectivity index (χ4v) is 3.10. The molecule has 1 amide bonds. The van der Waals surface area contributed by atoms with E-state index in [1.165, 1.54) is 4.90 Å². The standard InChI is InChI=1S/C15H21NO2S/c1-2-19-14-7-5-13(6-8-14)15(18)16-9-3-4-12(10-16)11-17/h5-8,12,17H,2-4,9-11H2,1H3. The molecule has 2 rings (SSSR count). The molecule has 1 atom stereocenters. The molecule has 0 radical (unpaired) electrons. The van der Waals surface area contributed by atoms with Gasteiger partial charge in [-0.1, -0.05) is 6.92 Å². The number of aliphatic hydroxyl groups is 1.